The number of hydrogen-bond acceptors (Lipinski definition) is 2. The standard InChI is InChI=1S/C18H20BrClN4.HI/c1-21-17(23-11-13-5-6-16(20)22-10-13)24-12-18(7-8-18)14-3-2-4-15(19)9-14;/h2-6,9-10H,7-8,11-12H2,1H3,(H2,21,23,24);1H. The quantitative estimate of drug-likeness (QED) is 0.256. The second-order valence-electron chi connectivity index (χ2n) is 6.06. The number of benzene rings is 1. The van der Waals surface area contributed by atoms with Gasteiger partial charge in [0.15, 0.2) is 5.96 Å². The first kappa shape index (κ1) is 20.5. The molecule has 0 atom stereocenters. The van der Waals surface area contributed by atoms with E-state index in [-0.39, 0.29) is 29.4 Å². The predicted molar refractivity (Wildman–Crippen MR) is 118 cm³/mol. The number of guanidine groups is 1. The summed E-state index contributed by atoms with van der Waals surface area (Å²) >= 11 is 9.37. The highest BCUT2D eigenvalue weighted by molar-refractivity contribution is 14.0. The summed E-state index contributed by atoms with van der Waals surface area (Å²) < 4.78 is 1.13. The molecule has 1 saturated carbocycles. The molecule has 2 aromatic rings. The summed E-state index contributed by atoms with van der Waals surface area (Å²) in [5.41, 5.74) is 2.67. The molecule has 1 fully saturated rings. The van der Waals surface area contributed by atoms with Crippen LogP contribution in [0.1, 0.15) is 24.0 Å². The third-order valence-corrected chi connectivity index (χ3v) is 5.07. The van der Waals surface area contributed by atoms with Gasteiger partial charge in [-0.25, -0.2) is 4.98 Å². The molecule has 4 nitrogen and oxygen atoms in total. The summed E-state index contributed by atoms with van der Waals surface area (Å²) in [6, 6.07) is 12.3. The van der Waals surface area contributed by atoms with Crippen LogP contribution in [0.5, 0.6) is 0 Å². The molecule has 0 radical (unpaired) electrons. The fourth-order valence-corrected chi connectivity index (χ4v) is 3.22. The number of pyridine rings is 1. The largest absolute Gasteiger partial charge is 0.356 e. The van der Waals surface area contributed by atoms with Crippen molar-refractivity contribution in [3.8, 4) is 0 Å². The molecule has 0 spiro atoms. The van der Waals surface area contributed by atoms with Crippen molar-refractivity contribution in [2.24, 2.45) is 4.99 Å². The van der Waals surface area contributed by atoms with Crippen LogP contribution in [0.3, 0.4) is 0 Å². The van der Waals surface area contributed by atoms with Gasteiger partial charge in [0.25, 0.3) is 0 Å². The summed E-state index contributed by atoms with van der Waals surface area (Å²) in [5, 5.41) is 7.27. The maximum absolute atomic E-state index is 5.81. The molecule has 1 aromatic carbocycles. The molecular formula is C18H21BrClIN4. The van der Waals surface area contributed by atoms with Gasteiger partial charge >= 0.3 is 0 Å². The van der Waals surface area contributed by atoms with Crippen molar-refractivity contribution >= 4 is 57.5 Å². The highest BCUT2D eigenvalue weighted by Crippen LogP contribution is 2.48. The van der Waals surface area contributed by atoms with Gasteiger partial charge in [-0.1, -0.05) is 45.7 Å². The molecule has 0 aliphatic heterocycles. The van der Waals surface area contributed by atoms with Crippen LogP contribution in [0, 0.1) is 0 Å². The van der Waals surface area contributed by atoms with E-state index >= 15 is 0 Å². The van der Waals surface area contributed by atoms with Crippen LogP contribution < -0.4 is 10.6 Å². The van der Waals surface area contributed by atoms with E-state index in [0.29, 0.717) is 11.7 Å². The molecule has 0 amide bonds. The monoisotopic (exact) mass is 534 g/mol. The topological polar surface area (TPSA) is 49.3 Å². The molecule has 2 N–H and O–H groups in total. The van der Waals surface area contributed by atoms with Gasteiger partial charge in [-0.3, -0.25) is 4.99 Å². The molecule has 1 aliphatic rings. The van der Waals surface area contributed by atoms with Crippen molar-refractivity contribution in [3.05, 3.63) is 63.3 Å². The lowest BCUT2D eigenvalue weighted by Gasteiger charge is -2.19. The van der Waals surface area contributed by atoms with Crippen LogP contribution >= 0.6 is 51.5 Å². The number of aliphatic imine (C=N–C) groups is 1. The molecule has 0 bridgehead atoms. The number of rotatable bonds is 5. The second kappa shape index (κ2) is 9.19. The lowest BCUT2D eigenvalue weighted by atomic mass is 9.96. The van der Waals surface area contributed by atoms with Crippen molar-refractivity contribution in [1.29, 1.82) is 0 Å². The van der Waals surface area contributed by atoms with Crippen molar-refractivity contribution in [1.82, 2.24) is 15.6 Å². The molecule has 25 heavy (non-hydrogen) atoms. The highest BCUT2D eigenvalue weighted by Gasteiger charge is 2.44. The maximum atomic E-state index is 5.81. The smallest absolute Gasteiger partial charge is 0.191 e. The van der Waals surface area contributed by atoms with E-state index < -0.39 is 0 Å². The first-order chi connectivity index (χ1) is 11.6. The van der Waals surface area contributed by atoms with Gasteiger partial charge in [-0.2, -0.15) is 0 Å². The zero-order chi connectivity index (χ0) is 17.0. The minimum absolute atomic E-state index is 0. The van der Waals surface area contributed by atoms with E-state index in [9.17, 15) is 0 Å². The number of hydrogen-bond donors (Lipinski definition) is 2. The summed E-state index contributed by atoms with van der Waals surface area (Å²) in [6.45, 7) is 1.54. The van der Waals surface area contributed by atoms with Crippen molar-refractivity contribution in [3.63, 3.8) is 0 Å². The summed E-state index contributed by atoms with van der Waals surface area (Å²) in [4.78, 5) is 8.39. The Balaban J connectivity index is 0.00000225. The Morgan fingerprint density at radius 3 is 2.68 bits per heavy atom. The van der Waals surface area contributed by atoms with Gasteiger partial charge in [-0.15, -0.1) is 24.0 Å². The predicted octanol–water partition coefficient (Wildman–Crippen LogP) is 4.51. The van der Waals surface area contributed by atoms with Crippen molar-refractivity contribution in [2.45, 2.75) is 24.8 Å². The molecular weight excluding hydrogens is 514 g/mol. The minimum Gasteiger partial charge on any atom is -0.356 e. The molecule has 1 aliphatic carbocycles. The van der Waals surface area contributed by atoms with Crippen LogP contribution in [0.4, 0.5) is 0 Å². The first-order valence-electron chi connectivity index (χ1n) is 7.92. The first-order valence-corrected chi connectivity index (χ1v) is 9.09. The zero-order valence-electron chi connectivity index (χ0n) is 13.9. The highest BCUT2D eigenvalue weighted by atomic mass is 127. The SMILES string of the molecule is CN=C(NCc1ccc(Cl)nc1)NCC1(c2cccc(Br)c2)CC1.I. The normalized spacial score (nSPS) is 15.2. The average Bonchev–Trinajstić information content (AvgIpc) is 3.38. The fraction of sp³-hybridized carbons (Fsp3) is 0.333. The lowest BCUT2D eigenvalue weighted by molar-refractivity contribution is 0.645. The second-order valence-corrected chi connectivity index (χ2v) is 7.36. The Bertz CT molecular complexity index is 732. The molecule has 7 heteroatoms. The van der Waals surface area contributed by atoms with Crippen molar-refractivity contribution < 1.29 is 0 Å². The number of aromatic nitrogens is 1. The van der Waals surface area contributed by atoms with Crippen LogP contribution in [0.15, 0.2) is 52.1 Å². The van der Waals surface area contributed by atoms with Gasteiger partial charge < -0.3 is 10.6 Å². The van der Waals surface area contributed by atoms with Crippen LogP contribution in [-0.2, 0) is 12.0 Å². The Kier molecular flexibility index (Phi) is 7.51. The fourth-order valence-electron chi connectivity index (χ4n) is 2.71. The van der Waals surface area contributed by atoms with Crippen LogP contribution in [0.25, 0.3) is 0 Å². The van der Waals surface area contributed by atoms with Gasteiger partial charge in [-0.05, 0) is 42.2 Å². The van der Waals surface area contributed by atoms with E-state index in [1.54, 1.807) is 19.3 Å². The molecule has 3 rings (SSSR count). The number of nitrogens with zero attached hydrogens (tertiary/aromatic N) is 2. The average molecular weight is 536 g/mol. The summed E-state index contributed by atoms with van der Waals surface area (Å²) in [6.07, 6.45) is 4.18. The molecule has 1 heterocycles. The lowest BCUT2D eigenvalue weighted by Crippen LogP contribution is -2.40. The Labute approximate surface area is 179 Å². The Hall–Kier alpha value is -0.860. The van der Waals surface area contributed by atoms with Gasteiger partial charge in [0.1, 0.15) is 5.15 Å². The Morgan fingerprint density at radius 2 is 2.08 bits per heavy atom. The summed E-state index contributed by atoms with van der Waals surface area (Å²) in [7, 11) is 1.79. The number of nitrogens with one attached hydrogen (secondary N) is 2. The summed E-state index contributed by atoms with van der Waals surface area (Å²) in [5.74, 6) is 0.797. The van der Waals surface area contributed by atoms with Crippen LogP contribution in [0.2, 0.25) is 5.15 Å². The molecule has 134 valence electrons. The third-order valence-electron chi connectivity index (χ3n) is 4.36. The van der Waals surface area contributed by atoms with Gasteiger partial charge in [0, 0.05) is 36.2 Å². The van der Waals surface area contributed by atoms with Crippen molar-refractivity contribution in [2.75, 3.05) is 13.6 Å². The van der Waals surface area contributed by atoms with E-state index in [4.69, 9.17) is 11.6 Å². The van der Waals surface area contributed by atoms with E-state index in [1.807, 2.05) is 6.07 Å². The Morgan fingerprint density at radius 1 is 1.28 bits per heavy atom. The minimum atomic E-state index is 0. The number of halogens is 3. The van der Waals surface area contributed by atoms with Gasteiger partial charge in [0.2, 0.25) is 0 Å². The van der Waals surface area contributed by atoms with E-state index in [2.05, 4.69) is 60.8 Å². The van der Waals surface area contributed by atoms with E-state index in [1.165, 1.54) is 18.4 Å². The maximum Gasteiger partial charge on any atom is 0.191 e. The van der Waals surface area contributed by atoms with E-state index in [0.717, 1.165) is 22.5 Å². The zero-order valence-corrected chi connectivity index (χ0v) is 18.6. The molecule has 1 aromatic heterocycles. The van der Waals surface area contributed by atoms with Crippen LogP contribution in [-0.4, -0.2) is 24.5 Å². The molecule has 0 saturated heterocycles. The third kappa shape index (κ3) is 5.56. The van der Waals surface area contributed by atoms with Gasteiger partial charge in [0.05, 0.1) is 0 Å². The molecule has 0 unspecified atom stereocenters.